The molecule has 15 heavy (non-hydrogen) atoms. The van der Waals surface area contributed by atoms with Crippen LogP contribution in [0, 0.1) is 5.82 Å². The van der Waals surface area contributed by atoms with E-state index in [0.29, 0.717) is 0 Å². The van der Waals surface area contributed by atoms with Crippen LogP contribution < -0.4 is 5.73 Å². The Bertz CT molecular complexity index is 510. The number of nitrogen functional groups attached to an aromatic ring is 1. The Balaban J connectivity index is 2.59. The Kier molecular flexibility index (Phi) is 1.96. The first-order valence-electron chi connectivity index (χ1n) is 4.02. The van der Waals surface area contributed by atoms with Gasteiger partial charge in [-0.25, -0.2) is 0 Å². The maximum Gasteiger partial charge on any atom is 0.207 e. The fraction of sp³-hybridized carbons (Fsp3) is 0. The van der Waals surface area contributed by atoms with Crippen molar-refractivity contribution in [3.05, 3.63) is 24.0 Å². The number of aromatic nitrogens is 1. The van der Waals surface area contributed by atoms with Gasteiger partial charge in [0.25, 0.3) is 0 Å². The van der Waals surface area contributed by atoms with Crippen LogP contribution in [0.5, 0.6) is 11.5 Å². The fourth-order valence-corrected chi connectivity index (χ4v) is 1.17. The lowest BCUT2D eigenvalue weighted by molar-refractivity contribution is 0.386. The molecule has 1 aromatic carbocycles. The lowest BCUT2D eigenvalue weighted by Gasteiger charge is -2.02. The minimum Gasteiger partial charge on any atom is -0.505 e. The summed E-state index contributed by atoms with van der Waals surface area (Å²) in [4.78, 5) is 0. The molecule has 78 valence electrons. The van der Waals surface area contributed by atoms with Crippen LogP contribution in [0.15, 0.2) is 22.7 Å². The van der Waals surface area contributed by atoms with Crippen LogP contribution in [-0.2, 0) is 0 Å². The minimum atomic E-state index is -1.11. The summed E-state index contributed by atoms with van der Waals surface area (Å²) in [6.07, 6.45) is 0. The predicted molar refractivity (Wildman–Crippen MR) is 49.6 cm³/mol. The van der Waals surface area contributed by atoms with E-state index in [4.69, 9.17) is 15.4 Å². The molecule has 2 aromatic rings. The maximum absolute atomic E-state index is 13.1. The largest absolute Gasteiger partial charge is 0.505 e. The quantitative estimate of drug-likeness (QED) is 0.662. The van der Waals surface area contributed by atoms with Crippen molar-refractivity contribution in [2.24, 2.45) is 0 Å². The summed E-state index contributed by atoms with van der Waals surface area (Å²) in [5.74, 6) is -2.20. The first-order chi connectivity index (χ1) is 7.09. The number of phenols is 2. The van der Waals surface area contributed by atoms with E-state index in [1.54, 1.807) is 0 Å². The highest BCUT2D eigenvalue weighted by Gasteiger charge is 2.16. The average molecular weight is 210 g/mol. The topological polar surface area (TPSA) is 92.5 Å². The lowest BCUT2D eigenvalue weighted by atomic mass is 10.1. The second-order valence-corrected chi connectivity index (χ2v) is 2.91. The number of halogens is 1. The summed E-state index contributed by atoms with van der Waals surface area (Å²) in [6.45, 7) is 0. The van der Waals surface area contributed by atoms with Crippen LogP contribution in [0.4, 0.5) is 10.2 Å². The molecule has 0 saturated carbocycles. The molecular formula is C9H7FN2O3. The van der Waals surface area contributed by atoms with Gasteiger partial charge in [-0.1, -0.05) is 5.16 Å². The van der Waals surface area contributed by atoms with E-state index in [9.17, 15) is 9.50 Å². The van der Waals surface area contributed by atoms with E-state index in [1.807, 2.05) is 0 Å². The van der Waals surface area contributed by atoms with Crippen molar-refractivity contribution in [3.63, 3.8) is 0 Å². The number of hydrogen-bond donors (Lipinski definition) is 3. The zero-order valence-corrected chi connectivity index (χ0v) is 7.44. The predicted octanol–water partition coefficient (Wildman–Crippen LogP) is 1.47. The zero-order chi connectivity index (χ0) is 11.0. The molecule has 0 atom stereocenters. The molecule has 0 fully saturated rings. The van der Waals surface area contributed by atoms with Gasteiger partial charge in [0, 0.05) is 6.07 Å². The molecule has 4 N–H and O–H groups in total. The highest BCUT2D eigenvalue weighted by Crippen LogP contribution is 2.35. The number of nitrogens with zero attached hydrogens (tertiary/aromatic N) is 1. The third-order valence-corrected chi connectivity index (χ3v) is 1.89. The number of hydrogen-bond acceptors (Lipinski definition) is 5. The highest BCUT2D eigenvalue weighted by molar-refractivity contribution is 5.68. The zero-order valence-electron chi connectivity index (χ0n) is 7.44. The van der Waals surface area contributed by atoms with Crippen LogP contribution >= 0.6 is 0 Å². The number of nitrogens with two attached hydrogens (primary N) is 1. The first kappa shape index (κ1) is 9.32. The Morgan fingerprint density at radius 3 is 2.67 bits per heavy atom. The average Bonchev–Trinajstić information content (AvgIpc) is 2.61. The van der Waals surface area contributed by atoms with Gasteiger partial charge in [0.15, 0.2) is 23.1 Å². The van der Waals surface area contributed by atoms with Gasteiger partial charge in [0.2, 0.25) is 5.82 Å². The van der Waals surface area contributed by atoms with Crippen LogP contribution in [0.3, 0.4) is 0 Å². The van der Waals surface area contributed by atoms with Gasteiger partial charge in [-0.3, -0.25) is 0 Å². The van der Waals surface area contributed by atoms with E-state index in [0.717, 1.165) is 6.07 Å². The van der Waals surface area contributed by atoms with Gasteiger partial charge in [-0.2, -0.15) is 4.39 Å². The molecule has 0 amide bonds. The third-order valence-electron chi connectivity index (χ3n) is 1.89. The Hall–Kier alpha value is -2.24. The molecule has 0 aliphatic heterocycles. The fourth-order valence-electron chi connectivity index (χ4n) is 1.17. The lowest BCUT2D eigenvalue weighted by Crippen LogP contribution is -1.83. The van der Waals surface area contributed by atoms with Gasteiger partial charge < -0.3 is 20.5 Å². The Morgan fingerprint density at radius 2 is 2.07 bits per heavy atom. The summed E-state index contributed by atoms with van der Waals surface area (Å²) < 4.78 is 17.8. The number of rotatable bonds is 1. The van der Waals surface area contributed by atoms with Crippen molar-refractivity contribution in [1.82, 2.24) is 5.16 Å². The minimum absolute atomic E-state index is 0.0782. The van der Waals surface area contributed by atoms with Crippen molar-refractivity contribution in [3.8, 4) is 22.8 Å². The van der Waals surface area contributed by atoms with E-state index in [1.165, 1.54) is 12.1 Å². The molecule has 0 spiro atoms. The maximum atomic E-state index is 13.1. The van der Waals surface area contributed by atoms with Crippen LogP contribution in [0.2, 0.25) is 0 Å². The standard InChI is InChI=1S/C9H7FN2O3/c10-8-5(13)2-1-4(9(8)14)6-3-7(11)12-15-6/h1-3,13-14H,(H2,11,12). The molecule has 5 nitrogen and oxygen atoms in total. The highest BCUT2D eigenvalue weighted by atomic mass is 19.1. The van der Waals surface area contributed by atoms with E-state index >= 15 is 0 Å². The summed E-state index contributed by atoms with van der Waals surface area (Å²) in [7, 11) is 0. The Labute approximate surface area is 83.5 Å². The second-order valence-electron chi connectivity index (χ2n) is 2.91. The monoisotopic (exact) mass is 210 g/mol. The number of benzene rings is 1. The molecular weight excluding hydrogens is 203 g/mol. The van der Waals surface area contributed by atoms with Gasteiger partial charge in [-0.05, 0) is 12.1 Å². The Morgan fingerprint density at radius 1 is 1.33 bits per heavy atom. The van der Waals surface area contributed by atoms with Gasteiger partial charge in [0.05, 0.1) is 5.56 Å². The van der Waals surface area contributed by atoms with Gasteiger partial charge in [0.1, 0.15) is 0 Å². The van der Waals surface area contributed by atoms with Crippen molar-refractivity contribution < 1.29 is 19.1 Å². The molecule has 0 aliphatic rings. The molecule has 0 radical (unpaired) electrons. The van der Waals surface area contributed by atoms with E-state index < -0.39 is 17.3 Å². The molecule has 0 saturated heterocycles. The van der Waals surface area contributed by atoms with Crippen LogP contribution in [0.25, 0.3) is 11.3 Å². The SMILES string of the molecule is Nc1cc(-c2ccc(O)c(F)c2O)on1. The summed E-state index contributed by atoms with van der Waals surface area (Å²) in [6, 6.07) is 3.74. The second kappa shape index (κ2) is 3.16. The van der Waals surface area contributed by atoms with Crippen molar-refractivity contribution >= 4 is 5.82 Å². The number of anilines is 1. The van der Waals surface area contributed by atoms with E-state index in [-0.39, 0.29) is 17.1 Å². The van der Waals surface area contributed by atoms with Crippen molar-refractivity contribution in [2.75, 3.05) is 5.73 Å². The van der Waals surface area contributed by atoms with Crippen LogP contribution in [0.1, 0.15) is 0 Å². The molecule has 2 rings (SSSR count). The van der Waals surface area contributed by atoms with Gasteiger partial charge in [-0.15, -0.1) is 0 Å². The first-order valence-corrected chi connectivity index (χ1v) is 4.02. The summed E-state index contributed by atoms with van der Waals surface area (Å²) in [5.41, 5.74) is 5.38. The summed E-state index contributed by atoms with van der Waals surface area (Å²) in [5, 5.41) is 21.7. The van der Waals surface area contributed by atoms with E-state index in [2.05, 4.69) is 5.16 Å². The number of phenolic OH excluding ortho intramolecular Hbond substituents is 2. The molecule has 0 aliphatic carbocycles. The normalized spacial score (nSPS) is 10.5. The van der Waals surface area contributed by atoms with Crippen molar-refractivity contribution in [2.45, 2.75) is 0 Å². The molecule has 6 heteroatoms. The molecule has 0 unspecified atom stereocenters. The van der Waals surface area contributed by atoms with Gasteiger partial charge >= 0.3 is 0 Å². The molecule has 1 aromatic heterocycles. The van der Waals surface area contributed by atoms with Crippen molar-refractivity contribution in [1.29, 1.82) is 0 Å². The van der Waals surface area contributed by atoms with Crippen LogP contribution in [-0.4, -0.2) is 15.4 Å². The third kappa shape index (κ3) is 1.45. The number of aromatic hydroxyl groups is 2. The molecule has 1 heterocycles. The summed E-state index contributed by atoms with van der Waals surface area (Å²) >= 11 is 0. The molecule has 0 bridgehead atoms. The smallest absolute Gasteiger partial charge is 0.207 e.